The number of benzene rings is 1. The molecule has 1 rings (SSSR count). The van der Waals surface area contributed by atoms with E-state index in [9.17, 15) is 9.59 Å². The molecule has 0 aliphatic rings. The van der Waals surface area contributed by atoms with Crippen molar-refractivity contribution in [2.24, 2.45) is 5.92 Å². The Bertz CT molecular complexity index is 514. The fraction of sp³-hybridized carbons (Fsp3) is 0.500. The number of aromatic carboxylic acids is 1. The molecule has 0 radical (unpaired) electrons. The zero-order valence-electron chi connectivity index (χ0n) is 13.1. The first-order chi connectivity index (χ1) is 9.88. The highest BCUT2D eigenvalue weighted by molar-refractivity contribution is 5.92. The lowest BCUT2D eigenvalue weighted by Crippen LogP contribution is -2.37. The van der Waals surface area contributed by atoms with E-state index in [0.717, 1.165) is 6.42 Å². The van der Waals surface area contributed by atoms with Gasteiger partial charge in [0.2, 0.25) is 0 Å². The molecule has 0 saturated heterocycles. The zero-order valence-corrected chi connectivity index (χ0v) is 13.1. The predicted octanol–water partition coefficient (Wildman–Crippen LogP) is 3.59. The van der Waals surface area contributed by atoms with Crippen LogP contribution in [0.15, 0.2) is 18.2 Å². The third-order valence-corrected chi connectivity index (χ3v) is 3.61. The molecule has 0 aliphatic carbocycles. The smallest absolute Gasteiger partial charge is 0.335 e. The molecular weight excluding hydrogens is 268 g/mol. The third kappa shape index (κ3) is 4.77. The van der Waals surface area contributed by atoms with Gasteiger partial charge in [0.1, 0.15) is 0 Å². The van der Waals surface area contributed by atoms with E-state index in [1.54, 1.807) is 24.0 Å². The molecule has 0 saturated carbocycles. The average molecular weight is 292 g/mol. The average Bonchev–Trinajstić information content (AvgIpc) is 2.43. The van der Waals surface area contributed by atoms with Crippen LogP contribution in [0.25, 0.3) is 0 Å². The van der Waals surface area contributed by atoms with Crippen molar-refractivity contribution in [3.63, 3.8) is 0 Å². The molecule has 1 atom stereocenters. The number of amides is 2. The van der Waals surface area contributed by atoms with Gasteiger partial charge in [0, 0.05) is 18.8 Å². The number of carboxylic acid groups (broad SMARTS) is 1. The van der Waals surface area contributed by atoms with E-state index >= 15 is 0 Å². The fourth-order valence-corrected chi connectivity index (χ4v) is 2.04. The van der Waals surface area contributed by atoms with Crippen molar-refractivity contribution in [2.75, 3.05) is 18.4 Å². The summed E-state index contributed by atoms with van der Waals surface area (Å²) in [6, 6.07) is 4.66. The van der Waals surface area contributed by atoms with Crippen molar-refractivity contribution < 1.29 is 14.7 Å². The highest BCUT2D eigenvalue weighted by Crippen LogP contribution is 2.16. The molecule has 116 valence electrons. The second-order valence-corrected chi connectivity index (χ2v) is 5.32. The van der Waals surface area contributed by atoms with Crippen LogP contribution < -0.4 is 5.32 Å². The van der Waals surface area contributed by atoms with E-state index in [4.69, 9.17) is 5.11 Å². The normalized spacial score (nSPS) is 11.8. The minimum atomic E-state index is -0.961. The Morgan fingerprint density at radius 2 is 2.00 bits per heavy atom. The number of carbonyl (C=O) groups excluding carboxylic acids is 1. The summed E-state index contributed by atoms with van der Waals surface area (Å²) in [5.74, 6) is -0.510. The van der Waals surface area contributed by atoms with Crippen LogP contribution in [-0.4, -0.2) is 35.1 Å². The van der Waals surface area contributed by atoms with E-state index in [2.05, 4.69) is 19.2 Å². The molecule has 0 bridgehead atoms. The lowest BCUT2D eigenvalue weighted by Gasteiger charge is -2.24. The van der Waals surface area contributed by atoms with Gasteiger partial charge in [0.25, 0.3) is 0 Å². The van der Waals surface area contributed by atoms with Crippen molar-refractivity contribution >= 4 is 17.7 Å². The molecule has 21 heavy (non-hydrogen) atoms. The van der Waals surface area contributed by atoms with E-state index < -0.39 is 5.97 Å². The van der Waals surface area contributed by atoms with E-state index in [0.29, 0.717) is 30.3 Å². The Morgan fingerprint density at radius 3 is 2.48 bits per heavy atom. The number of hydrogen-bond acceptors (Lipinski definition) is 2. The summed E-state index contributed by atoms with van der Waals surface area (Å²) in [7, 11) is 0. The summed E-state index contributed by atoms with van der Waals surface area (Å²) in [4.78, 5) is 25.0. The van der Waals surface area contributed by atoms with Gasteiger partial charge < -0.3 is 15.3 Å². The Balaban J connectivity index is 2.77. The topological polar surface area (TPSA) is 69.6 Å². The molecular formula is C16H24N2O3. The lowest BCUT2D eigenvalue weighted by molar-refractivity contribution is 0.0696. The van der Waals surface area contributed by atoms with Crippen molar-refractivity contribution in [3.05, 3.63) is 29.3 Å². The van der Waals surface area contributed by atoms with Gasteiger partial charge in [-0.15, -0.1) is 0 Å². The van der Waals surface area contributed by atoms with Gasteiger partial charge in [0.05, 0.1) is 5.56 Å². The maximum Gasteiger partial charge on any atom is 0.335 e. The lowest BCUT2D eigenvalue weighted by atomic mass is 10.1. The van der Waals surface area contributed by atoms with E-state index in [1.165, 1.54) is 6.07 Å². The van der Waals surface area contributed by atoms with Gasteiger partial charge in [-0.3, -0.25) is 0 Å². The summed E-state index contributed by atoms with van der Waals surface area (Å²) in [5.41, 5.74) is 1.50. The number of aryl methyl sites for hydroxylation is 1. The first kappa shape index (κ1) is 17.0. The molecule has 5 nitrogen and oxygen atoms in total. The molecule has 0 spiro atoms. The van der Waals surface area contributed by atoms with Crippen LogP contribution in [0.3, 0.4) is 0 Å². The summed E-state index contributed by atoms with van der Waals surface area (Å²) >= 11 is 0. The number of rotatable bonds is 6. The molecule has 0 fully saturated rings. The van der Waals surface area contributed by atoms with Gasteiger partial charge in [0.15, 0.2) is 0 Å². The Hall–Kier alpha value is -2.04. The van der Waals surface area contributed by atoms with Crippen LogP contribution in [-0.2, 0) is 0 Å². The second-order valence-electron chi connectivity index (χ2n) is 5.32. The minimum Gasteiger partial charge on any atom is -0.478 e. The van der Waals surface area contributed by atoms with Crippen LogP contribution in [0.1, 0.15) is 43.1 Å². The first-order valence-corrected chi connectivity index (χ1v) is 7.28. The minimum absolute atomic E-state index is 0.153. The summed E-state index contributed by atoms with van der Waals surface area (Å²) < 4.78 is 0. The number of urea groups is 1. The highest BCUT2D eigenvalue weighted by Gasteiger charge is 2.15. The van der Waals surface area contributed by atoms with Crippen LogP contribution in [0, 0.1) is 12.8 Å². The number of carboxylic acids is 1. The summed E-state index contributed by atoms with van der Waals surface area (Å²) in [6.07, 6.45) is 1.02. The van der Waals surface area contributed by atoms with E-state index in [1.807, 2.05) is 6.92 Å². The number of nitrogens with zero attached hydrogens (tertiary/aromatic N) is 1. The van der Waals surface area contributed by atoms with Gasteiger partial charge in [-0.1, -0.05) is 20.3 Å². The molecule has 2 N–H and O–H groups in total. The van der Waals surface area contributed by atoms with Gasteiger partial charge in [-0.25, -0.2) is 9.59 Å². The number of hydrogen-bond donors (Lipinski definition) is 2. The van der Waals surface area contributed by atoms with Crippen LogP contribution in [0.2, 0.25) is 0 Å². The van der Waals surface area contributed by atoms with Crippen molar-refractivity contribution in [1.82, 2.24) is 4.90 Å². The van der Waals surface area contributed by atoms with Crippen molar-refractivity contribution in [3.8, 4) is 0 Å². The van der Waals surface area contributed by atoms with Crippen LogP contribution in [0.4, 0.5) is 10.5 Å². The molecule has 2 amide bonds. The van der Waals surface area contributed by atoms with Gasteiger partial charge >= 0.3 is 12.0 Å². The molecule has 1 aromatic carbocycles. The van der Waals surface area contributed by atoms with Crippen molar-refractivity contribution in [2.45, 2.75) is 34.1 Å². The standard InChI is InChI=1S/C16H24N2O3/c1-5-11(3)10-18(6-2)16(21)17-13-7-8-14(15(19)20)12(4)9-13/h7-9,11H,5-6,10H2,1-4H3,(H,17,21)(H,19,20). The quantitative estimate of drug-likeness (QED) is 0.841. The van der Waals surface area contributed by atoms with Crippen LogP contribution in [0.5, 0.6) is 0 Å². The molecule has 0 heterocycles. The Labute approximate surface area is 126 Å². The van der Waals surface area contributed by atoms with E-state index in [-0.39, 0.29) is 11.6 Å². The number of nitrogens with one attached hydrogen (secondary N) is 1. The summed E-state index contributed by atoms with van der Waals surface area (Å²) in [5, 5.41) is 11.8. The molecule has 0 aromatic heterocycles. The largest absolute Gasteiger partial charge is 0.478 e. The number of anilines is 1. The molecule has 5 heteroatoms. The number of carbonyl (C=O) groups is 2. The molecule has 0 aliphatic heterocycles. The predicted molar refractivity (Wildman–Crippen MR) is 83.9 cm³/mol. The monoisotopic (exact) mass is 292 g/mol. The fourth-order valence-electron chi connectivity index (χ4n) is 2.04. The molecule has 1 unspecified atom stereocenters. The van der Waals surface area contributed by atoms with Gasteiger partial charge in [-0.2, -0.15) is 0 Å². The van der Waals surface area contributed by atoms with Crippen molar-refractivity contribution in [1.29, 1.82) is 0 Å². The SMILES string of the molecule is CCC(C)CN(CC)C(=O)Nc1ccc(C(=O)O)c(C)c1. The first-order valence-electron chi connectivity index (χ1n) is 7.28. The Kier molecular flexibility index (Phi) is 6.21. The maximum absolute atomic E-state index is 12.2. The molecule has 1 aromatic rings. The highest BCUT2D eigenvalue weighted by atomic mass is 16.4. The third-order valence-electron chi connectivity index (χ3n) is 3.61. The van der Waals surface area contributed by atoms with Crippen LogP contribution >= 0.6 is 0 Å². The zero-order chi connectivity index (χ0) is 16.0. The maximum atomic E-state index is 12.2. The van der Waals surface area contributed by atoms with Gasteiger partial charge in [-0.05, 0) is 43.5 Å². The summed E-state index contributed by atoms with van der Waals surface area (Å²) in [6.45, 7) is 9.23. The second kappa shape index (κ2) is 7.67. The Morgan fingerprint density at radius 1 is 1.33 bits per heavy atom.